The van der Waals surface area contributed by atoms with Gasteiger partial charge in [-0.15, -0.1) is 0 Å². The van der Waals surface area contributed by atoms with Crippen LogP contribution in [0.2, 0.25) is 0 Å². The van der Waals surface area contributed by atoms with Crippen molar-refractivity contribution in [2.75, 3.05) is 6.61 Å². The van der Waals surface area contributed by atoms with E-state index in [1.807, 2.05) is 0 Å². The highest BCUT2D eigenvalue weighted by molar-refractivity contribution is 5.79. The average molecular weight is 313 g/mol. The number of fused-ring (bicyclic) bond motifs is 1. The summed E-state index contributed by atoms with van der Waals surface area (Å²) in [7, 11) is 0. The number of hydrogen-bond acceptors (Lipinski definition) is 2. The summed E-state index contributed by atoms with van der Waals surface area (Å²) in [5, 5.41) is 3.36. The highest BCUT2D eigenvalue weighted by atomic mass is 16.5. The molecule has 1 amide bonds. The lowest BCUT2D eigenvalue weighted by molar-refractivity contribution is -0.129. The van der Waals surface area contributed by atoms with Gasteiger partial charge in [0.1, 0.15) is 0 Å². The Balaban J connectivity index is 1.40. The molecular formula is C20H27NO2. The minimum absolute atomic E-state index is 0.173. The van der Waals surface area contributed by atoms with Gasteiger partial charge < -0.3 is 10.1 Å². The molecule has 0 aromatic heterocycles. The van der Waals surface area contributed by atoms with E-state index in [2.05, 4.69) is 36.5 Å². The van der Waals surface area contributed by atoms with Crippen LogP contribution in [0, 0.1) is 24.7 Å². The van der Waals surface area contributed by atoms with Crippen LogP contribution in [-0.4, -0.2) is 24.7 Å². The number of amides is 1. The lowest BCUT2D eigenvalue weighted by Gasteiger charge is -2.50. The van der Waals surface area contributed by atoms with E-state index in [1.165, 1.54) is 31.2 Å². The lowest BCUT2D eigenvalue weighted by Crippen LogP contribution is -2.63. The van der Waals surface area contributed by atoms with E-state index in [9.17, 15) is 4.79 Å². The maximum absolute atomic E-state index is 12.5. The molecule has 23 heavy (non-hydrogen) atoms. The molecule has 0 spiro atoms. The molecule has 3 heteroatoms. The molecule has 4 atom stereocenters. The molecule has 0 bridgehead atoms. The van der Waals surface area contributed by atoms with Crippen LogP contribution in [0.3, 0.4) is 0 Å². The van der Waals surface area contributed by atoms with Crippen LogP contribution in [0.15, 0.2) is 24.3 Å². The predicted octanol–water partition coefficient (Wildman–Crippen LogP) is 3.25. The van der Waals surface area contributed by atoms with Crippen molar-refractivity contribution in [3.63, 3.8) is 0 Å². The number of carbonyl (C=O) groups excluding carboxylic acids is 1. The summed E-state index contributed by atoms with van der Waals surface area (Å²) in [6.07, 6.45) is 7.37. The Labute approximate surface area is 138 Å². The third kappa shape index (κ3) is 2.91. The Morgan fingerprint density at radius 3 is 2.65 bits per heavy atom. The second kappa shape index (κ2) is 6.27. The zero-order valence-electron chi connectivity index (χ0n) is 14.0. The third-order valence-electron chi connectivity index (χ3n) is 6.20. The van der Waals surface area contributed by atoms with Crippen molar-refractivity contribution >= 4 is 5.91 Å². The molecule has 3 aliphatic rings. The van der Waals surface area contributed by atoms with E-state index in [4.69, 9.17) is 4.74 Å². The summed E-state index contributed by atoms with van der Waals surface area (Å²) in [5.74, 6) is 2.06. The summed E-state index contributed by atoms with van der Waals surface area (Å²) < 4.78 is 5.97. The van der Waals surface area contributed by atoms with Crippen molar-refractivity contribution in [3.8, 4) is 0 Å². The van der Waals surface area contributed by atoms with Gasteiger partial charge in [-0.3, -0.25) is 4.79 Å². The van der Waals surface area contributed by atoms with Crippen molar-refractivity contribution in [1.29, 1.82) is 0 Å². The molecule has 1 aromatic carbocycles. The minimum atomic E-state index is 0.173. The molecule has 1 aromatic rings. The highest BCUT2D eigenvalue weighted by Gasteiger charge is 2.56. The lowest BCUT2D eigenvalue weighted by atomic mass is 9.61. The van der Waals surface area contributed by atoms with E-state index in [1.54, 1.807) is 0 Å². The van der Waals surface area contributed by atoms with Gasteiger partial charge in [0.2, 0.25) is 5.91 Å². The Bertz CT molecular complexity index is 557. The smallest absolute Gasteiger partial charge is 0.224 e. The van der Waals surface area contributed by atoms with E-state index >= 15 is 0 Å². The van der Waals surface area contributed by atoms with Crippen LogP contribution in [0.25, 0.3) is 0 Å². The molecule has 2 saturated carbocycles. The van der Waals surface area contributed by atoms with Crippen LogP contribution >= 0.6 is 0 Å². The second-order valence-electron chi connectivity index (χ2n) is 7.67. The second-order valence-corrected chi connectivity index (χ2v) is 7.67. The molecule has 2 aliphatic carbocycles. The van der Waals surface area contributed by atoms with E-state index < -0.39 is 0 Å². The van der Waals surface area contributed by atoms with Gasteiger partial charge in [-0.25, -0.2) is 0 Å². The van der Waals surface area contributed by atoms with Gasteiger partial charge in [0.05, 0.1) is 12.5 Å². The first-order valence-corrected chi connectivity index (χ1v) is 9.19. The van der Waals surface area contributed by atoms with E-state index in [-0.39, 0.29) is 5.91 Å². The number of carbonyl (C=O) groups is 1. The Kier molecular flexibility index (Phi) is 4.14. The van der Waals surface area contributed by atoms with Crippen molar-refractivity contribution in [2.45, 2.75) is 57.6 Å². The summed E-state index contributed by atoms with van der Waals surface area (Å²) in [6.45, 7) is 2.95. The van der Waals surface area contributed by atoms with Crippen LogP contribution in [-0.2, 0) is 16.0 Å². The molecule has 1 N–H and O–H groups in total. The van der Waals surface area contributed by atoms with Crippen molar-refractivity contribution < 1.29 is 9.53 Å². The Hall–Kier alpha value is -1.35. The predicted molar refractivity (Wildman–Crippen MR) is 90.1 cm³/mol. The summed E-state index contributed by atoms with van der Waals surface area (Å²) >= 11 is 0. The zero-order valence-corrected chi connectivity index (χ0v) is 14.0. The fourth-order valence-electron chi connectivity index (χ4n) is 4.99. The largest absolute Gasteiger partial charge is 0.377 e. The number of rotatable bonds is 4. The van der Waals surface area contributed by atoms with Crippen molar-refractivity contribution in [3.05, 3.63) is 35.4 Å². The summed E-state index contributed by atoms with van der Waals surface area (Å²) in [6, 6.07) is 8.63. The highest BCUT2D eigenvalue weighted by Crippen LogP contribution is 2.51. The van der Waals surface area contributed by atoms with E-state index in [0.29, 0.717) is 30.4 Å². The average Bonchev–Trinajstić information content (AvgIpc) is 3.18. The van der Waals surface area contributed by atoms with Crippen LogP contribution in [0.4, 0.5) is 0 Å². The van der Waals surface area contributed by atoms with E-state index in [0.717, 1.165) is 24.5 Å². The van der Waals surface area contributed by atoms with Gasteiger partial charge >= 0.3 is 0 Å². The molecule has 124 valence electrons. The maximum atomic E-state index is 12.5. The number of aryl methyl sites for hydroxylation is 1. The fourth-order valence-corrected chi connectivity index (χ4v) is 4.99. The van der Waals surface area contributed by atoms with Gasteiger partial charge in [0.15, 0.2) is 0 Å². The van der Waals surface area contributed by atoms with Gasteiger partial charge in [-0.05, 0) is 24.8 Å². The van der Waals surface area contributed by atoms with Crippen LogP contribution < -0.4 is 5.32 Å². The molecule has 1 heterocycles. The standard InChI is InChI=1S/C20H27NO2/c1-13-6-8-14(9-7-13)12-17(22)21-19-16-10-11-23-20(16)18(19)15-4-2-3-5-15/h6-9,15-16,18-20H,2-5,10-12H2,1H3,(H,21,22)/t16-,18+,19+,20-/m0/s1. The van der Waals surface area contributed by atoms with Gasteiger partial charge in [0.25, 0.3) is 0 Å². The molecule has 3 fully saturated rings. The quantitative estimate of drug-likeness (QED) is 0.926. The molecule has 0 radical (unpaired) electrons. The minimum Gasteiger partial charge on any atom is -0.377 e. The third-order valence-corrected chi connectivity index (χ3v) is 6.20. The molecule has 3 nitrogen and oxygen atoms in total. The SMILES string of the molecule is Cc1ccc(CC(=O)N[C@@H]2[C@@H]3CCO[C@@H]3[C@@H]2C2CCCC2)cc1. The monoisotopic (exact) mass is 313 g/mol. The molecule has 4 rings (SSSR count). The van der Waals surface area contributed by atoms with Crippen LogP contribution in [0.5, 0.6) is 0 Å². The summed E-state index contributed by atoms with van der Waals surface area (Å²) in [4.78, 5) is 12.5. The topological polar surface area (TPSA) is 38.3 Å². The number of ether oxygens (including phenoxy) is 1. The Morgan fingerprint density at radius 1 is 1.17 bits per heavy atom. The van der Waals surface area contributed by atoms with Gasteiger partial charge in [0, 0.05) is 24.5 Å². The molecule has 1 saturated heterocycles. The fraction of sp³-hybridized carbons (Fsp3) is 0.650. The summed E-state index contributed by atoms with van der Waals surface area (Å²) in [5.41, 5.74) is 2.34. The van der Waals surface area contributed by atoms with Crippen molar-refractivity contribution in [1.82, 2.24) is 5.32 Å². The first kappa shape index (κ1) is 15.2. The molecule has 0 unspecified atom stereocenters. The first-order chi connectivity index (χ1) is 11.2. The molecular weight excluding hydrogens is 286 g/mol. The normalized spacial score (nSPS) is 33.3. The first-order valence-electron chi connectivity index (χ1n) is 9.19. The number of benzene rings is 1. The van der Waals surface area contributed by atoms with Crippen molar-refractivity contribution in [2.24, 2.45) is 17.8 Å². The number of nitrogens with one attached hydrogen (secondary N) is 1. The molecule has 1 aliphatic heterocycles. The zero-order chi connectivity index (χ0) is 15.8. The van der Waals surface area contributed by atoms with Crippen LogP contribution in [0.1, 0.15) is 43.2 Å². The van der Waals surface area contributed by atoms with Gasteiger partial charge in [-0.2, -0.15) is 0 Å². The number of hydrogen-bond donors (Lipinski definition) is 1. The van der Waals surface area contributed by atoms with Gasteiger partial charge in [-0.1, -0.05) is 55.5 Å². The Morgan fingerprint density at radius 2 is 1.91 bits per heavy atom. The maximum Gasteiger partial charge on any atom is 0.224 e.